The Balaban J connectivity index is 0.00000369. The molecule has 11 aromatic carbocycles. The predicted octanol–water partition coefficient (Wildman–Crippen LogP) is 21.7. The molecule has 0 N–H and O–H groups in total. The van der Waals surface area contributed by atoms with Gasteiger partial charge in [0.2, 0.25) is 0 Å². The maximum Gasteiger partial charge on any atom is 0.0242 e. The van der Waals surface area contributed by atoms with Crippen LogP contribution in [0.2, 0.25) is 0 Å². The molecule has 0 saturated heterocycles. The molecule has 0 aliphatic rings. The van der Waals surface area contributed by atoms with Crippen molar-refractivity contribution in [2.45, 2.75) is 6.92 Å². The normalized spacial score (nSPS) is 10.9. The monoisotopic (exact) mass is 1290 g/mol. The molecular weight excluding hydrogens is 1230 g/mol. The first kappa shape index (κ1) is 57.0. The molecule has 0 fully saturated rings. The molecular formula is C83H57IrN3-4. The van der Waals surface area contributed by atoms with Gasteiger partial charge in [0.15, 0.2) is 0 Å². The number of aryl methyl sites for hydroxylation is 1. The number of hydrogen-bond donors (Lipinski definition) is 0. The van der Waals surface area contributed by atoms with E-state index in [2.05, 4.69) is 274 Å². The number of aromatic nitrogens is 3. The molecule has 0 bridgehead atoms. The third-order valence-corrected chi connectivity index (χ3v) is 16.0. The molecule has 14 rings (SSSR count). The summed E-state index contributed by atoms with van der Waals surface area (Å²) in [5, 5.41) is 0. The summed E-state index contributed by atoms with van der Waals surface area (Å²) in [6.07, 6.45) is 5.68. The summed E-state index contributed by atoms with van der Waals surface area (Å²) in [4.78, 5) is 14.5. The Bertz CT molecular complexity index is 4500. The summed E-state index contributed by atoms with van der Waals surface area (Å²) in [6, 6.07) is 115. The fraction of sp³-hybridized carbons (Fsp3) is 0.0120. The second-order valence-corrected chi connectivity index (χ2v) is 21.2. The van der Waals surface area contributed by atoms with Crippen molar-refractivity contribution in [3.63, 3.8) is 0 Å². The molecule has 0 aliphatic carbocycles. The maximum atomic E-state index is 5.06. The van der Waals surface area contributed by atoms with E-state index < -0.39 is 0 Å². The predicted molar refractivity (Wildman–Crippen MR) is 358 cm³/mol. The summed E-state index contributed by atoms with van der Waals surface area (Å²) >= 11 is 0. The number of rotatable bonds is 13. The zero-order valence-corrected chi connectivity index (χ0v) is 50.5. The van der Waals surface area contributed by atoms with Crippen molar-refractivity contribution in [1.82, 2.24) is 15.0 Å². The van der Waals surface area contributed by atoms with Crippen LogP contribution in [0.1, 0.15) is 5.56 Å². The van der Waals surface area contributed by atoms with Crippen molar-refractivity contribution in [3.8, 4) is 145 Å². The molecule has 0 aliphatic heterocycles. The Morgan fingerprint density at radius 2 is 0.540 bits per heavy atom. The quantitative estimate of drug-likeness (QED) is 0.108. The third kappa shape index (κ3) is 11.7. The fourth-order valence-electron chi connectivity index (χ4n) is 11.8. The standard InChI is InChI=1S/C82H54N3.CH3.Ir/c1-56-48-82(85-55-79(56)60-30-12-5-13-31-60)63-42-45-75(78(54-63)59-28-10-4-11-29-59)72-37-19-16-34-69(72)66-50-64(67-32-14-17-35-70(67)73-43-40-61(80-38-20-22-46-83-80)52-76(73)57-24-6-2-7-25-57)49-65(51-66)68-33-15-18-36-71(68)74-44-41-62(81-39-21-23-47-84-81)53-77(74)58-26-8-3-9-27-58;;/h2-39,43-55H,1H3;1H3;/q-3;-1;. The molecule has 3 heterocycles. The number of hydrogen-bond acceptors (Lipinski definition) is 3. The fourth-order valence-corrected chi connectivity index (χ4v) is 11.8. The van der Waals surface area contributed by atoms with E-state index in [-0.39, 0.29) is 27.5 Å². The Kier molecular flexibility index (Phi) is 16.9. The van der Waals surface area contributed by atoms with Gasteiger partial charge in [-0.1, -0.05) is 275 Å². The smallest absolute Gasteiger partial charge is 0.0242 e. The molecule has 0 spiro atoms. The summed E-state index contributed by atoms with van der Waals surface area (Å²) in [5.74, 6) is 0. The molecule has 87 heavy (non-hydrogen) atoms. The molecule has 0 saturated carbocycles. The first-order chi connectivity index (χ1) is 42.1. The minimum atomic E-state index is 0. The first-order valence-corrected chi connectivity index (χ1v) is 28.7. The van der Waals surface area contributed by atoms with Crippen LogP contribution in [-0.4, -0.2) is 15.0 Å². The van der Waals surface area contributed by atoms with Crippen LogP contribution >= 0.6 is 0 Å². The maximum absolute atomic E-state index is 5.06. The molecule has 4 heteroatoms. The Hall–Kier alpha value is -10.5. The van der Waals surface area contributed by atoms with Gasteiger partial charge in [-0.15, -0.1) is 71.3 Å². The molecule has 0 unspecified atom stereocenters. The first-order valence-electron chi connectivity index (χ1n) is 28.7. The zero-order valence-electron chi connectivity index (χ0n) is 48.1. The van der Waals surface area contributed by atoms with E-state index >= 15 is 0 Å². The Labute approximate surface area is 524 Å². The van der Waals surface area contributed by atoms with E-state index in [9.17, 15) is 0 Å². The summed E-state index contributed by atoms with van der Waals surface area (Å²) < 4.78 is 0. The van der Waals surface area contributed by atoms with E-state index in [1.165, 1.54) is 0 Å². The average Bonchev–Trinajstić information content (AvgIpc) is 2.16. The minimum absolute atomic E-state index is 0. The van der Waals surface area contributed by atoms with Crippen LogP contribution in [-0.2, 0) is 20.1 Å². The third-order valence-electron chi connectivity index (χ3n) is 16.0. The molecule has 1 radical (unpaired) electrons. The molecule has 14 aromatic rings. The van der Waals surface area contributed by atoms with E-state index in [1.807, 2.05) is 61.1 Å². The summed E-state index contributed by atoms with van der Waals surface area (Å²) in [5.41, 5.74) is 28.5. The zero-order chi connectivity index (χ0) is 56.9. The van der Waals surface area contributed by atoms with Crippen molar-refractivity contribution in [2.75, 3.05) is 0 Å². The van der Waals surface area contributed by atoms with Crippen molar-refractivity contribution < 1.29 is 20.1 Å². The van der Waals surface area contributed by atoms with Crippen molar-refractivity contribution >= 4 is 0 Å². The van der Waals surface area contributed by atoms with E-state index in [4.69, 9.17) is 15.0 Å². The summed E-state index contributed by atoms with van der Waals surface area (Å²) in [6.45, 7) is 2.16. The molecule has 3 nitrogen and oxygen atoms in total. The SMILES string of the molecule is Cc1cc(-c2[c-]cc(-c3ccccc3-c3cc(-c4ccccc4-c4c[c-]c(-c5ccccn5)cc4-c4ccccc4)cc(-c4ccccc4-c4c[c-]c(-c5ccccn5)cc4-c4ccccc4)c3)c(-c3ccccc3)c2)ncc1-c1ccccc1.[CH3-].[Ir]. The van der Waals surface area contributed by atoms with Gasteiger partial charge in [0.05, 0.1) is 0 Å². The average molecular weight is 1290 g/mol. The van der Waals surface area contributed by atoms with Crippen LogP contribution < -0.4 is 0 Å². The molecule has 417 valence electrons. The minimum Gasteiger partial charge on any atom is -0.358 e. The van der Waals surface area contributed by atoms with Gasteiger partial charge in [0.25, 0.3) is 0 Å². The number of nitrogens with zero attached hydrogens (tertiary/aromatic N) is 3. The van der Waals surface area contributed by atoms with Crippen LogP contribution in [0.15, 0.2) is 310 Å². The van der Waals surface area contributed by atoms with E-state index in [0.717, 1.165) is 151 Å². The van der Waals surface area contributed by atoms with Gasteiger partial charge >= 0.3 is 0 Å². The van der Waals surface area contributed by atoms with E-state index in [1.54, 1.807) is 0 Å². The molecule has 0 atom stereocenters. The number of pyridine rings is 3. The van der Waals surface area contributed by atoms with Gasteiger partial charge < -0.3 is 22.4 Å². The molecule has 3 aromatic heterocycles. The topological polar surface area (TPSA) is 38.7 Å². The number of benzene rings is 11. The summed E-state index contributed by atoms with van der Waals surface area (Å²) in [7, 11) is 0. The van der Waals surface area contributed by atoms with Crippen LogP contribution in [0.5, 0.6) is 0 Å². The van der Waals surface area contributed by atoms with E-state index in [0.29, 0.717) is 0 Å². The second kappa shape index (κ2) is 25.8. The van der Waals surface area contributed by atoms with Crippen molar-refractivity contribution in [3.05, 3.63) is 341 Å². The largest absolute Gasteiger partial charge is 0.358 e. The van der Waals surface area contributed by atoms with Crippen molar-refractivity contribution in [2.24, 2.45) is 0 Å². The van der Waals surface area contributed by atoms with Crippen LogP contribution in [0, 0.1) is 32.5 Å². The van der Waals surface area contributed by atoms with Crippen molar-refractivity contribution in [1.29, 1.82) is 0 Å². The van der Waals surface area contributed by atoms with Gasteiger partial charge in [-0.05, 0) is 116 Å². The Morgan fingerprint density at radius 3 is 0.862 bits per heavy atom. The molecule has 0 amide bonds. The van der Waals surface area contributed by atoms with Gasteiger partial charge in [-0.2, -0.15) is 0 Å². The van der Waals surface area contributed by atoms with Gasteiger partial charge in [-0.3, -0.25) is 0 Å². The van der Waals surface area contributed by atoms with Crippen LogP contribution in [0.25, 0.3) is 145 Å². The van der Waals surface area contributed by atoms with Crippen LogP contribution in [0.3, 0.4) is 0 Å². The second-order valence-electron chi connectivity index (χ2n) is 21.2. The van der Waals surface area contributed by atoms with Gasteiger partial charge in [0, 0.05) is 44.3 Å². The van der Waals surface area contributed by atoms with Crippen LogP contribution in [0.4, 0.5) is 0 Å². The van der Waals surface area contributed by atoms with Gasteiger partial charge in [0.1, 0.15) is 0 Å². The van der Waals surface area contributed by atoms with Gasteiger partial charge in [-0.25, -0.2) is 0 Å². The Morgan fingerprint density at radius 1 is 0.241 bits per heavy atom.